The molecular formula is C23H26BrNO4. The summed E-state index contributed by atoms with van der Waals surface area (Å²) in [6.45, 7) is 5.59. The molecule has 0 saturated carbocycles. The number of ether oxygens (including phenoxy) is 2. The van der Waals surface area contributed by atoms with E-state index in [2.05, 4.69) is 45.5 Å². The molecule has 2 aromatic carbocycles. The quantitative estimate of drug-likeness (QED) is 0.486. The summed E-state index contributed by atoms with van der Waals surface area (Å²) in [7, 11) is 0. The van der Waals surface area contributed by atoms with Gasteiger partial charge in [0.2, 0.25) is 0 Å². The van der Waals surface area contributed by atoms with Crippen molar-refractivity contribution in [3.63, 3.8) is 0 Å². The fourth-order valence-electron chi connectivity index (χ4n) is 3.51. The predicted octanol–water partition coefficient (Wildman–Crippen LogP) is 5.02. The second kappa shape index (κ2) is 8.99. The fourth-order valence-corrected chi connectivity index (χ4v) is 3.97. The summed E-state index contributed by atoms with van der Waals surface area (Å²) in [4.78, 5) is 24.8. The summed E-state index contributed by atoms with van der Waals surface area (Å²) >= 11 is 3.32. The third-order valence-corrected chi connectivity index (χ3v) is 5.18. The molecule has 0 aromatic heterocycles. The van der Waals surface area contributed by atoms with Gasteiger partial charge in [0, 0.05) is 11.2 Å². The first-order chi connectivity index (χ1) is 13.8. The molecule has 1 N–H and O–H groups in total. The lowest BCUT2D eigenvalue weighted by molar-refractivity contribution is -0.157. The van der Waals surface area contributed by atoms with Crippen molar-refractivity contribution in [2.24, 2.45) is 0 Å². The van der Waals surface area contributed by atoms with Gasteiger partial charge < -0.3 is 14.8 Å². The van der Waals surface area contributed by atoms with Gasteiger partial charge in [-0.2, -0.15) is 0 Å². The van der Waals surface area contributed by atoms with Crippen LogP contribution in [-0.4, -0.2) is 35.6 Å². The summed E-state index contributed by atoms with van der Waals surface area (Å²) in [6, 6.07) is 15.5. The number of amides is 1. The molecule has 2 aromatic rings. The maximum absolute atomic E-state index is 12.4. The number of rotatable bonds is 6. The normalized spacial score (nSPS) is 13.9. The highest BCUT2D eigenvalue weighted by atomic mass is 79.9. The summed E-state index contributed by atoms with van der Waals surface area (Å²) in [5, 5.41) is 3.20. The zero-order valence-electron chi connectivity index (χ0n) is 16.9. The van der Waals surface area contributed by atoms with E-state index in [9.17, 15) is 9.59 Å². The predicted molar refractivity (Wildman–Crippen MR) is 116 cm³/mol. The first kappa shape index (κ1) is 21.4. The van der Waals surface area contributed by atoms with Crippen LogP contribution in [0, 0.1) is 0 Å². The smallest absolute Gasteiger partial charge is 0.407 e. The van der Waals surface area contributed by atoms with Crippen LogP contribution in [0.25, 0.3) is 11.1 Å². The van der Waals surface area contributed by atoms with Crippen LogP contribution in [-0.2, 0) is 14.3 Å². The molecule has 6 heteroatoms. The van der Waals surface area contributed by atoms with Gasteiger partial charge in [-0.25, -0.2) is 9.59 Å². The molecule has 0 aliphatic heterocycles. The number of alkyl halides is 1. The highest BCUT2D eigenvalue weighted by molar-refractivity contribution is 9.09. The van der Waals surface area contributed by atoms with Gasteiger partial charge in [0.05, 0.1) is 0 Å². The number of hydrogen-bond donors (Lipinski definition) is 1. The molecular weight excluding hydrogens is 434 g/mol. The van der Waals surface area contributed by atoms with Crippen LogP contribution >= 0.6 is 15.9 Å². The molecule has 29 heavy (non-hydrogen) atoms. The summed E-state index contributed by atoms with van der Waals surface area (Å²) in [6.07, 6.45) is -0.206. The summed E-state index contributed by atoms with van der Waals surface area (Å²) in [5.74, 6) is -0.491. The average molecular weight is 460 g/mol. The zero-order chi connectivity index (χ0) is 21.0. The topological polar surface area (TPSA) is 64.6 Å². The minimum Gasteiger partial charge on any atom is -0.458 e. The Hall–Kier alpha value is -2.34. The maximum atomic E-state index is 12.4. The highest BCUT2D eigenvalue weighted by Gasteiger charge is 2.30. The molecule has 0 radical (unpaired) electrons. The van der Waals surface area contributed by atoms with Gasteiger partial charge in [-0.1, -0.05) is 64.5 Å². The maximum Gasteiger partial charge on any atom is 0.407 e. The van der Waals surface area contributed by atoms with Gasteiger partial charge >= 0.3 is 12.1 Å². The Morgan fingerprint density at radius 1 is 1.03 bits per heavy atom. The number of halogens is 1. The van der Waals surface area contributed by atoms with Crippen molar-refractivity contribution in [2.45, 2.75) is 44.8 Å². The summed E-state index contributed by atoms with van der Waals surface area (Å²) in [5.41, 5.74) is 4.01. The second-order valence-electron chi connectivity index (χ2n) is 8.03. The summed E-state index contributed by atoms with van der Waals surface area (Å²) < 4.78 is 10.9. The number of nitrogens with one attached hydrogen (secondary N) is 1. The van der Waals surface area contributed by atoms with Crippen LogP contribution in [0.2, 0.25) is 0 Å². The van der Waals surface area contributed by atoms with Crippen molar-refractivity contribution in [1.29, 1.82) is 0 Å². The van der Waals surface area contributed by atoms with E-state index in [0.717, 1.165) is 11.1 Å². The van der Waals surface area contributed by atoms with Crippen molar-refractivity contribution in [1.82, 2.24) is 5.32 Å². The number of benzene rings is 2. The molecule has 1 amide bonds. The first-order valence-corrected chi connectivity index (χ1v) is 10.8. The van der Waals surface area contributed by atoms with E-state index in [1.54, 1.807) is 20.8 Å². The molecule has 1 atom stereocenters. The van der Waals surface area contributed by atoms with E-state index in [1.165, 1.54) is 11.1 Å². The number of carbonyl (C=O) groups is 2. The lowest BCUT2D eigenvalue weighted by atomic mass is 9.98. The van der Waals surface area contributed by atoms with Crippen molar-refractivity contribution in [3.8, 4) is 11.1 Å². The van der Waals surface area contributed by atoms with Crippen molar-refractivity contribution in [2.75, 3.05) is 11.9 Å². The van der Waals surface area contributed by atoms with Crippen LogP contribution < -0.4 is 5.32 Å². The SMILES string of the molecule is CC(C)(C)OC(=O)[C@H](CCBr)NC(=O)OCC1c2ccccc2-c2ccccc21. The molecule has 0 unspecified atom stereocenters. The van der Waals surface area contributed by atoms with E-state index in [-0.39, 0.29) is 12.5 Å². The van der Waals surface area contributed by atoms with E-state index >= 15 is 0 Å². The van der Waals surface area contributed by atoms with Crippen molar-refractivity contribution in [3.05, 3.63) is 59.7 Å². The third kappa shape index (κ3) is 5.18. The standard InChI is InChI=1S/C23H26BrNO4/c1-23(2,3)29-21(26)20(12-13-24)25-22(27)28-14-19-17-10-6-4-8-15(17)16-9-5-7-11-18(16)19/h4-11,19-20H,12-14H2,1-3H3,(H,25,27)/t20-/m0/s1. The molecule has 0 fully saturated rings. The average Bonchev–Trinajstić information content (AvgIpc) is 2.99. The van der Waals surface area contributed by atoms with E-state index < -0.39 is 23.7 Å². The van der Waals surface area contributed by atoms with Gasteiger partial charge in [0.1, 0.15) is 18.2 Å². The lowest BCUT2D eigenvalue weighted by Crippen LogP contribution is -2.44. The van der Waals surface area contributed by atoms with Crippen molar-refractivity contribution >= 4 is 28.0 Å². The number of esters is 1. The van der Waals surface area contributed by atoms with E-state index in [4.69, 9.17) is 9.47 Å². The molecule has 5 nitrogen and oxygen atoms in total. The molecule has 0 spiro atoms. The Balaban J connectivity index is 1.66. The number of fused-ring (bicyclic) bond motifs is 3. The van der Waals surface area contributed by atoms with Crippen LogP contribution in [0.1, 0.15) is 44.2 Å². The molecule has 1 aliphatic carbocycles. The number of hydrogen-bond acceptors (Lipinski definition) is 4. The minimum atomic E-state index is -0.760. The Bertz CT molecular complexity index is 845. The monoisotopic (exact) mass is 459 g/mol. The van der Waals surface area contributed by atoms with Gasteiger partial charge in [-0.15, -0.1) is 0 Å². The highest BCUT2D eigenvalue weighted by Crippen LogP contribution is 2.44. The molecule has 1 aliphatic rings. The Morgan fingerprint density at radius 2 is 1.59 bits per heavy atom. The largest absolute Gasteiger partial charge is 0.458 e. The van der Waals surface area contributed by atoms with E-state index in [1.807, 2.05) is 24.3 Å². The van der Waals surface area contributed by atoms with Crippen LogP contribution in [0.5, 0.6) is 0 Å². The Morgan fingerprint density at radius 3 is 2.10 bits per heavy atom. The van der Waals surface area contributed by atoms with E-state index in [0.29, 0.717) is 11.8 Å². The molecule has 3 rings (SSSR count). The molecule has 0 heterocycles. The minimum absolute atomic E-state index is 0.0238. The fraction of sp³-hybridized carbons (Fsp3) is 0.391. The van der Waals surface area contributed by atoms with Crippen LogP contribution in [0.3, 0.4) is 0 Å². The zero-order valence-corrected chi connectivity index (χ0v) is 18.5. The number of carbonyl (C=O) groups excluding carboxylic acids is 2. The second-order valence-corrected chi connectivity index (χ2v) is 8.83. The first-order valence-electron chi connectivity index (χ1n) is 9.70. The third-order valence-electron chi connectivity index (χ3n) is 4.72. The molecule has 154 valence electrons. The number of alkyl carbamates (subject to hydrolysis) is 1. The molecule has 0 saturated heterocycles. The van der Waals surface area contributed by atoms with Gasteiger partial charge in [-0.05, 0) is 49.4 Å². The van der Waals surface area contributed by atoms with Gasteiger partial charge in [0.15, 0.2) is 0 Å². The lowest BCUT2D eigenvalue weighted by Gasteiger charge is -2.24. The molecule has 0 bridgehead atoms. The van der Waals surface area contributed by atoms with Gasteiger partial charge in [0.25, 0.3) is 0 Å². The Labute approximate surface area is 179 Å². The Kier molecular flexibility index (Phi) is 6.63. The van der Waals surface area contributed by atoms with Gasteiger partial charge in [-0.3, -0.25) is 0 Å². The van der Waals surface area contributed by atoms with Crippen LogP contribution in [0.4, 0.5) is 4.79 Å². The van der Waals surface area contributed by atoms with Crippen LogP contribution in [0.15, 0.2) is 48.5 Å². The van der Waals surface area contributed by atoms with Crippen molar-refractivity contribution < 1.29 is 19.1 Å².